The first-order valence-electron chi connectivity index (χ1n) is 14.6. The van der Waals surface area contributed by atoms with E-state index in [0.717, 1.165) is 19.3 Å². The number of aliphatic hydroxyl groups is 1. The Morgan fingerprint density at radius 3 is 2.38 bits per heavy atom. The highest BCUT2D eigenvalue weighted by Gasteiger charge is 2.75. The average molecular weight is 545 g/mol. The van der Waals surface area contributed by atoms with Crippen molar-refractivity contribution in [2.45, 2.75) is 110 Å². The number of esters is 1. The predicted octanol–water partition coefficient (Wildman–Crippen LogP) is 3.87. The number of ether oxygens (including phenoxy) is 2. The summed E-state index contributed by atoms with van der Waals surface area (Å²) in [7, 11) is 0. The number of hydrogen-bond donors (Lipinski definition) is 1. The van der Waals surface area contributed by atoms with Crippen LogP contribution in [0, 0.1) is 23.2 Å². The number of hydrogen-bond acceptors (Lipinski definition) is 6. The van der Waals surface area contributed by atoms with Crippen LogP contribution in [0.15, 0.2) is 24.3 Å². The molecule has 0 radical (unpaired) electrons. The second kappa shape index (κ2) is 10.3. The molecule has 39 heavy (non-hydrogen) atoms. The normalized spacial score (nSPS) is 35.7. The van der Waals surface area contributed by atoms with Gasteiger partial charge >= 0.3 is 5.97 Å². The van der Waals surface area contributed by atoms with E-state index in [1.165, 1.54) is 0 Å². The molecule has 0 aromatic heterocycles. The lowest BCUT2D eigenvalue weighted by atomic mass is 9.74. The van der Waals surface area contributed by atoms with E-state index in [4.69, 9.17) is 9.47 Å². The Balaban J connectivity index is 1.91. The predicted molar refractivity (Wildman–Crippen MR) is 149 cm³/mol. The van der Waals surface area contributed by atoms with Gasteiger partial charge in [-0.2, -0.15) is 0 Å². The van der Waals surface area contributed by atoms with Gasteiger partial charge in [0.15, 0.2) is 0 Å². The van der Waals surface area contributed by atoms with E-state index < -0.39 is 46.6 Å². The van der Waals surface area contributed by atoms with Crippen LogP contribution >= 0.6 is 0 Å². The Hall–Kier alpha value is -2.19. The summed E-state index contributed by atoms with van der Waals surface area (Å²) in [6.45, 7) is 16.7. The highest BCUT2D eigenvalue weighted by Crippen LogP contribution is 2.58. The summed E-state index contributed by atoms with van der Waals surface area (Å²) < 4.78 is 12.5. The Morgan fingerprint density at radius 1 is 1.08 bits per heavy atom. The Kier molecular flexibility index (Phi) is 7.89. The number of allylic oxidation sites excluding steroid dienone is 1. The summed E-state index contributed by atoms with van der Waals surface area (Å²) in [5, 5.41) is 10.6. The molecule has 1 N–H and O–H groups in total. The SMILES string of the molecule is CC[C@H](C)[C@H](CO)N1C(=O)[C@@H]2[C@H]3C(=O)OCCC/C=C\[C@@]3(C)O[C@@]23C=CCN(C(C)(C)CC(C)(C)C)C(=O)C13. The molecule has 8 nitrogen and oxygen atoms in total. The van der Waals surface area contributed by atoms with Crippen LogP contribution in [-0.2, 0) is 23.9 Å². The van der Waals surface area contributed by atoms with E-state index in [0.29, 0.717) is 13.0 Å². The van der Waals surface area contributed by atoms with E-state index in [9.17, 15) is 19.5 Å². The monoisotopic (exact) mass is 544 g/mol. The molecule has 2 amide bonds. The van der Waals surface area contributed by atoms with Gasteiger partial charge in [0.25, 0.3) is 0 Å². The molecule has 218 valence electrons. The second-order valence-corrected chi connectivity index (χ2v) is 14.0. The van der Waals surface area contributed by atoms with Crippen LogP contribution in [0.1, 0.15) is 81.1 Å². The number of nitrogens with zero attached hydrogens (tertiary/aromatic N) is 2. The van der Waals surface area contributed by atoms with E-state index in [1.54, 1.807) is 4.90 Å². The molecule has 1 unspecified atom stereocenters. The number of cyclic esters (lactones) is 1. The molecule has 7 atom stereocenters. The van der Waals surface area contributed by atoms with Gasteiger partial charge in [0.2, 0.25) is 11.8 Å². The van der Waals surface area contributed by atoms with Crippen molar-refractivity contribution in [3.05, 3.63) is 24.3 Å². The molecule has 0 bridgehead atoms. The maximum atomic E-state index is 14.8. The van der Waals surface area contributed by atoms with Gasteiger partial charge in [-0.15, -0.1) is 0 Å². The lowest BCUT2D eigenvalue weighted by Gasteiger charge is -2.46. The van der Waals surface area contributed by atoms with Crippen LogP contribution in [0.5, 0.6) is 0 Å². The molecule has 0 aliphatic carbocycles. The Labute approximate surface area is 233 Å². The molecule has 0 saturated carbocycles. The first-order valence-corrected chi connectivity index (χ1v) is 14.6. The van der Waals surface area contributed by atoms with Crippen molar-refractivity contribution < 1.29 is 29.0 Å². The number of fused-ring (bicyclic) bond motifs is 2. The van der Waals surface area contributed by atoms with Crippen molar-refractivity contribution in [3.8, 4) is 0 Å². The number of carbonyl (C=O) groups excluding carboxylic acids is 3. The standard InChI is InChI=1S/C31H48N2O6/c1-9-20(2)21(18-34)33-24-26(36)32(29(6,7)19-28(3,4)5)16-13-15-31(24)22(25(33)35)23-27(37)38-17-12-10-11-14-30(23,8)39-31/h11,13-15,20-24,34H,9-10,12,16-19H2,1-8H3/b14-11-/t20-,21-,22-,23-,24?,30+,31-/m0/s1. The minimum atomic E-state index is -1.36. The van der Waals surface area contributed by atoms with Crippen molar-refractivity contribution in [1.82, 2.24) is 9.80 Å². The summed E-state index contributed by atoms with van der Waals surface area (Å²) in [6.07, 6.45) is 10.5. The maximum absolute atomic E-state index is 14.8. The molecule has 4 heterocycles. The van der Waals surface area contributed by atoms with Gasteiger partial charge in [0.1, 0.15) is 17.6 Å². The zero-order valence-electron chi connectivity index (χ0n) is 25.0. The van der Waals surface area contributed by atoms with Crippen molar-refractivity contribution >= 4 is 17.8 Å². The number of likely N-dealkylation sites (tertiary alicyclic amines) is 1. The van der Waals surface area contributed by atoms with E-state index in [2.05, 4.69) is 34.6 Å². The molecular formula is C31H48N2O6. The number of aliphatic hydroxyl groups excluding tert-OH is 1. The lowest BCUT2D eigenvalue weighted by Crippen LogP contribution is -2.62. The third-order valence-corrected chi connectivity index (χ3v) is 9.23. The molecular weight excluding hydrogens is 496 g/mol. The lowest BCUT2D eigenvalue weighted by molar-refractivity contribution is -0.163. The van der Waals surface area contributed by atoms with Gasteiger partial charge < -0.3 is 24.4 Å². The van der Waals surface area contributed by atoms with Gasteiger partial charge in [-0.25, -0.2) is 0 Å². The van der Waals surface area contributed by atoms with Gasteiger partial charge in [-0.3, -0.25) is 14.4 Å². The summed E-state index contributed by atoms with van der Waals surface area (Å²) in [5.74, 6) is -2.92. The van der Waals surface area contributed by atoms with Crippen LogP contribution < -0.4 is 0 Å². The Bertz CT molecular complexity index is 1040. The van der Waals surface area contributed by atoms with Crippen LogP contribution in [0.25, 0.3) is 0 Å². The molecule has 2 fully saturated rings. The smallest absolute Gasteiger partial charge is 0.313 e. The van der Waals surface area contributed by atoms with Gasteiger partial charge in [-0.05, 0) is 51.4 Å². The van der Waals surface area contributed by atoms with Gasteiger partial charge in [-0.1, -0.05) is 65.3 Å². The average Bonchev–Trinajstić information content (AvgIpc) is 3.17. The second-order valence-electron chi connectivity index (χ2n) is 14.0. The van der Waals surface area contributed by atoms with E-state index in [1.807, 2.05) is 50.0 Å². The molecule has 1 spiro atoms. The molecule has 4 aliphatic heterocycles. The quantitative estimate of drug-likeness (QED) is 0.403. The molecule has 4 aliphatic rings. The van der Waals surface area contributed by atoms with Gasteiger partial charge in [0.05, 0.1) is 30.8 Å². The van der Waals surface area contributed by atoms with Crippen LogP contribution in [0.2, 0.25) is 0 Å². The van der Waals surface area contributed by atoms with Crippen molar-refractivity contribution in [2.75, 3.05) is 19.8 Å². The third kappa shape index (κ3) is 4.96. The fourth-order valence-corrected chi connectivity index (χ4v) is 7.68. The zero-order valence-corrected chi connectivity index (χ0v) is 25.0. The van der Waals surface area contributed by atoms with Crippen molar-refractivity contribution in [3.63, 3.8) is 0 Å². The zero-order chi connectivity index (χ0) is 29.0. The van der Waals surface area contributed by atoms with Crippen molar-refractivity contribution in [2.24, 2.45) is 23.2 Å². The van der Waals surface area contributed by atoms with Crippen molar-refractivity contribution in [1.29, 1.82) is 0 Å². The minimum Gasteiger partial charge on any atom is -0.465 e. The fraction of sp³-hybridized carbons (Fsp3) is 0.774. The van der Waals surface area contributed by atoms with E-state index >= 15 is 0 Å². The molecule has 4 rings (SSSR count). The summed E-state index contributed by atoms with van der Waals surface area (Å²) in [4.78, 5) is 46.3. The molecule has 0 aromatic carbocycles. The first kappa shape index (κ1) is 29.8. The topological polar surface area (TPSA) is 96.4 Å². The largest absolute Gasteiger partial charge is 0.465 e. The molecule has 2 saturated heterocycles. The van der Waals surface area contributed by atoms with Crippen LogP contribution in [-0.4, -0.2) is 81.3 Å². The Morgan fingerprint density at radius 2 is 1.77 bits per heavy atom. The van der Waals surface area contributed by atoms with Gasteiger partial charge in [0, 0.05) is 12.1 Å². The fourth-order valence-electron chi connectivity index (χ4n) is 7.68. The highest BCUT2D eigenvalue weighted by molar-refractivity contribution is 5.99. The summed E-state index contributed by atoms with van der Waals surface area (Å²) >= 11 is 0. The number of carbonyl (C=O) groups is 3. The highest BCUT2D eigenvalue weighted by atomic mass is 16.6. The first-order chi connectivity index (χ1) is 18.1. The number of rotatable bonds is 6. The molecule has 8 heteroatoms. The number of amides is 2. The summed E-state index contributed by atoms with van der Waals surface area (Å²) in [6, 6.07) is -1.59. The maximum Gasteiger partial charge on any atom is 0.313 e. The minimum absolute atomic E-state index is 0.0363. The van der Waals surface area contributed by atoms with Crippen LogP contribution in [0.3, 0.4) is 0 Å². The third-order valence-electron chi connectivity index (χ3n) is 9.23. The van der Waals surface area contributed by atoms with E-state index in [-0.39, 0.29) is 36.4 Å². The molecule has 0 aromatic rings. The summed E-state index contributed by atoms with van der Waals surface area (Å²) in [5.41, 5.74) is -3.02. The van der Waals surface area contributed by atoms with Crippen LogP contribution in [0.4, 0.5) is 0 Å².